The van der Waals surface area contributed by atoms with Crippen molar-refractivity contribution in [1.29, 1.82) is 0 Å². The summed E-state index contributed by atoms with van der Waals surface area (Å²) >= 11 is 0. The van der Waals surface area contributed by atoms with Crippen LogP contribution in [0.3, 0.4) is 0 Å². The lowest BCUT2D eigenvalue weighted by Crippen LogP contribution is -2.55. The first kappa shape index (κ1) is 24.1. The molecule has 0 radical (unpaired) electrons. The van der Waals surface area contributed by atoms with Gasteiger partial charge in [0.15, 0.2) is 0 Å². The number of aliphatic hydroxyl groups is 1. The fraction of sp³-hybridized carbons (Fsp3) is 0.304. The maximum absolute atomic E-state index is 14.0. The number of sulfonamides is 1. The number of alkyl halides is 3. The predicted octanol–water partition coefficient (Wildman–Crippen LogP) is 3.90. The number of halogens is 3. The summed E-state index contributed by atoms with van der Waals surface area (Å²) in [7, 11) is -3.88. The second-order valence-electron chi connectivity index (χ2n) is 9.21. The summed E-state index contributed by atoms with van der Waals surface area (Å²) in [4.78, 5) is 12.1. The highest BCUT2D eigenvalue weighted by molar-refractivity contribution is 7.95. The van der Waals surface area contributed by atoms with Gasteiger partial charge in [0, 0.05) is 23.9 Å². The average Bonchev–Trinajstić information content (AvgIpc) is 2.78. The standard InChI is InChI=1S/C23H20F3N3O6S/c1-22(2)21(30)20(14-11-12(29(31)32)7-8-16(14)35-22)28-10-9-17-18(27-36(17,33)34)19(28)13-5-3-4-6-15(13)23(24,25)26/h3-11,19-21,27,30H,1-2H3. The van der Waals surface area contributed by atoms with E-state index >= 15 is 0 Å². The minimum atomic E-state index is -4.75. The number of nitro groups is 1. The molecule has 36 heavy (non-hydrogen) atoms. The summed E-state index contributed by atoms with van der Waals surface area (Å²) in [6.45, 7) is 3.16. The maximum Gasteiger partial charge on any atom is 0.416 e. The number of fused-ring (bicyclic) bond motifs is 1. The van der Waals surface area contributed by atoms with E-state index in [0.717, 1.165) is 6.07 Å². The minimum Gasteiger partial charge on any atom is -0.485 e. The van der Waals surface area contributed by atoms with Crippen LogP contribution in [0, 0.1) is 10.1 Å². The number of aliphatic hydroxyl groups excluding tert-OH is 1. The molecule has 13 heteroatoms. The molecule has 0 saturated heterocycles. The van der Waals surface area contributed by atoms with E-state index in [0.29, 0.717) is 0 Å². The zero-order valence-electron chi connectivity index (χ0n) is 18.9. The summed E-state index contributed by atoms with van der Waals surface area (Å²) in [5.74, 6) is 0.214. The van der Waals surface area contributed by atoms with Crippen molar-refractivity contribution in [1.82, 2.24) is 9.62 Å². The second kappa shape index (κ2) is 7.71. The highest BCUT2D eigenvalue weighted by Gasteiger charge is 2.52. The van der Waals surface area contributed by atoms with Gasteiger partial charge in [-0.25, -0.2) is 8.42 Å². The zero-order valence-corrected chi connectivity index (χ0v) is 19.7. The largest absolute Gasteiger partial charge is 0.485 e. The molecule has 3 aliphatic rings. The summed E-state index contributed by atoms with van der Waals surface area (Å²) < 4.78 is 74.7. The van der Waals surface area contributed by atoms with Crippen molar-refractivity contribution in [3.63, 3.8) is 0 Å². The van der Waals surface area contributed by atoms with Gasteiger partial charge in [-0.3, -0.25) is 14.8 Å². The number of hydrogen-bond donors (Lipinski definition) is 2. The smallest absolute Gasteiger partial charge is 0.416 e. The summed E-state index contributed by atoms with van der Waals surface area (Å²) in [6.07, 6.45) is -3.58. The number of nitrogens with one attached hydrogen (secondary N) is 1. The molecule has 3 atom stereocenters. The number of nitrogens with zero attached hydrogens (tertiary/aromatic N) is 2. The van der Waals surface area contributed by atoms with Crippen LogP contribution in [0.1, 0.15) is 42.6 Å². The summed E-state index contributed by atoms with van der Waals surface area (Å²) in [5.41, 5.74) is -2.56. The minimum absolute atomic E-state index is 0.0117. The average molecular weight is 523 g/mol. The molecule has 0 fully saturated rings. The Hall–Kier alpha value is -3.58. The van der Waals surface area contributed by atoms with E-state index in [-0.39, 0.29) is 33.2 Å². The molecule has 2 aromatic rings. The zero-order chi connectivity index (χ0) is 26.2. The molecular weight excluding hydrogens is 503 g/mol. The van der Waals surface area contributed by atoms with Gasteiger partial charge >= 0.3 is 6.18 Å². The molecule has 0 aromatic heterocycles. The molecule has 0 bridgehead atoms. The molecule has 3 heterocycles. The molecule has 0 aliphatic carbocycles. The molecule has 0 saturated carbocycles. The number of rotatable bonds is 3. The third-order valence-electron chi connectivity index (χ3n) is 6.56. The SMILES string of the molecule is CC1(C)Oc2ccc([N+](=O)[O-])cc2C(N2C=CC3=C(NS3(=O)=O)C2c2ccccc2C(F)(F)F)C1O. The lowest BCUT2D eigenvalue weighted by Gasteiger charge is -2.51. The van der Waals surface area contributed by atoms with E-state index < -0.39 is 50.5 Å². The van der Waals surface area contributed by atoms with Crippen molar-refractivity contribution >= 4 is 15.7 Å². The lowest BCUT2D eigenvalue weighted by molar-refractivity contribution is -0.385. The second-order valence-corrected chi connectivity index (χ2v) is 10.9. The van der Waals surface area contributed by atoms with Gasteiger partial charge in [0.2, 0.25) is 0 Å². The summed E-state index contributed by atoms with van der Waals surface area (Å²) in [5, 5.41) is 22.8. The number of allylic oxidation sites excluding steroid dienone is 1. The van der Waals surface area contributed by atoms with Crippen LogP contribution in [0.5, 0.6) is 5.75 Å². The number of ether oxygens (including phenoxy) is 1. The third-order valence-corrected chi connectivity index (χ3v) is 7.98. The normalized spacial score (nSPS) is 25.7. The Morgan fingerprint density at radius 1 is 1.17 bits per heavy atom. The Labute approximate surface area is 203 Å². The van der Waals surface area contributed by atoms with Crippen molar-refractivity contribution in [3.8, 4) is 5.75 Å². The Bertz CT molecular complexity index is 1450. The molecule has 2 N–H and O–H groups in total. The number of nitro benzene ring substituents is 1. The fourth-order valence-electron chi connectivity index (χ4n) is 4.86. The van der Waals surface area contributed by atoms with Gasteiger partial charge in [-0.15, -0.1) is 0 Å². The first-order valence-electron chi connectivity index (χ1n) is 10.8. The molecule has 3 unspecified atom stereocenters. The van der Waals surface area contributed by atoms with Gasteiger partial charge in [0.1, 0.15) is 22.4 Å². The van der Waals surface area contributed by atoms with Gasteiger partial charge in [-0.05, 0) is 37.6 Å². The Balaban J connectivity index is 1.75. The van der Waals surface area contributed by atoms with Crippen molar-refractivity contribution in [3.05, 3.63) is 92.1 Å². The van der Waals surface area contributed by atoms with Gasteiger partial charge < -0.3 is 14.7 Å². The van der Waals surface area contributed by atoms with Crippen LogP contribution in [0.2, 0.25) is 0 Å². The maximum atomic E-state index is 14.0. The van der Waals surface area contributed by atoms with Crippen LogP contribution in [0.25, 0.3) is 0 Å². The molecule has 5 rings (SSSR count). The first-order valence-corrected chi connectivity index (χ1v) is 12.2. The number of benzene rings is 2. The molecule has 0 spiro atoms. The highest BCUT2D eigenvalue weighted by atomic mass is 32.2. The van der Waals surface area contributed by atoms with Crippen LogP contribution in [-0.4, -0.2) is 35.1 Å². The van der Waals surface area contributed by atoms with Crippen LogP contribution in [0.15, 0.2) is 65.3 Å². The number of non-ortho nitro benzene ring substituents is 1. The van der Waals surface area contributed by atoms with E-state index in [4.69, 9.17) is 4.74 Å². The van der Waals surface area contributed by atoms with Crippen LogP contribution >= 0.6 is 0 Å². The van der Waals surface area contributed by atoms with Crippen molar-refractivity contribution in [2.75, 3.05) is 0 Å². The Morgan fingerprint density at radius 2 is 1.86 bits per heavy atom. The highest BCUT2D eigenvalue weighted by Crippen LogP contribution is 2.52. The molecule has 9 nitrogen and oxygen atoms in total. The quantitative estimate of drug-likeness (QED) is 0.462. The van der Waals surface area contributed by atoms with E-state index in [1.807, 2.05) is 0 Å². The van der Waals surface area contributed by atoms with Crippen molar-refractivity contribution < 1.29 is 36.4 Å². The molecule has 3 aliphatic heterocycles. The van der Waals surface area contributed by atoms with E-state index in [9.17, 15) is 36.8 Å². The van der Waals surface area contributed by atoms with E-state index in [1.165, 1.54) is 53.6 Å². The molecular formula is C23H20F3N3O6S. The fourth-order valence-corrected chi connectivity index (χ4v) is 6.02. The summed E-state index contributed by atoms with van der Waals surface area (Å²) in [6, 6.07) is 6.14. The van der Waals surface area contributed by atoms with Crippen molar-refractivity contribution in [2.45, 2.75) is 43.8 Å². The topological polar surface area (TPSA) is 122 Å². The Kier molecular flexibility index (Phi) is 5.17. The van der Waals surface area contributed by atoms with Gasteiger partial charge in [-0.1, -0.05) is 18.2 Å². The molecule has 0 amide bonds. The first-order chi connectivity index (χ1) is 16.7. The number of hydrogen-bond acceptors (Lipinski definition) is 7. The Morgan fingerprint density at radius 3 is 2.50 bits per heavy atom. The van der Waals surface area contributed by atoms with Gasteiger partial charge in [0.25, 0.3) is 15.7 Å². The van der Waals surface area contributed by atoms with Crippen molar-refractivity contribution in [2.24, 2.45) is 0 Å². The lowest BCUT2D eigenvalue weighted by atomic mass is 9.83. The predicted molar refractivity (Wildman–Crippen MR) is 121 cm³/mol. The van der Waals surface area contributed by atoms with Crippen LogP contribution in [0.4, 0.5) is 18.9 Å². The molecule has 190 valence electrons. The van der Waals surface area contributed by atoms with Gasteiger partial charge in [0.05, 0.1) is 28.3 Å². The van der Waals surface area contributed by atoms with E-state index in [2.05, 4.69) is 4.72 Å². The van der Waals surface area contributed by atoms with Crippen LogP contribution in [-0.2, 0) is 16.2 Å². The van der Waals surface area contributed by atoms with E-state index in [1.54, 1.807) is 13.8 Å². The van der Waals surface area contributed by atoms with Crippen LogP contribution < -0.4 is 9.46 Å². The monoisotopic (exact) mass is 523 g/mol. The van der Waals surface area contributed by atoms with Gasteiger partial charge in [-0.2, -0.15) is 13.2 Å². The molecule has 2 aromatic carbocycles. The third kappa shape index (κ3) is 3.61.